The van der Waals surface area contributed by atoms with Crippen molar-refractivity contribution in [2.24, 2.45) is 0 Å². The van der Waals surface area contributed by atoms with Crippen molar-refractivity contribution in [1.29, 1.82) is 0 Å². The van der Waals surface area contributed by atoms with E-state index in [0.29, 0.717) is 30.7 Å². The Bertz CT molecular complexity index is 1000. The van der Waals surface area contributed by atoms with Crippen molar-refractivity contribution in [2.45, 2.75) is 36.6 Å². The molecule has 0 amide bonds. The number of ether oxygens (including phenoxy) is 2. The first-order valence-corrected chi connectivity index (χ1v) is 17.3. The molecule has 2 aromatic rings. The number of morpholine rings is 1. The van der Waals surface area contributed by atoms with Crippen LogP contribution in [0.15, 0.2) is 41.6 Å². The van der Waals surface area contributed by atoms with Crippen molar-refractivity contribution in [3.8, 4) is 0 Å². The van der Waals surface area contributed by atoms with Crippen LogP contribution in [0, 0.1) is 0 Å². The lowest BCUT2D eigenvalue weighted by atomic mass is 10.2. The average Bonchev–Trinajstić information content (AvgIpc) is 2.77. The summed E-state index contributed by atoms with van der Waals surface area (Å²) in [5, 5.41) is 0.588. The summed E-state index contributed by atoms with van der Waals surface area (Å²) in [5.41, 5.74) is 1.11. The Labute approximate surface area is 206 Å². The normalized spacial score (nSPS) is 15.5. The molecule has 182 valence electrons. The van der Waals surface area contributed by atoms with Crippen molar-refractivity contribution in [3.63, 3.8) is 0 Å². The molecule has 0 radical (unpaired) electrons. The Morgan fingerprint density at radius 1 is 1.18 bits per heavy atom. The van der Waals surface area contributed by atoms with Gasteiger partial charge in [-0.25, -0.2) is 14.3 Å². The van der Waals surface area contributed by atoms with Crippen LogP contribution in [-0.2, 0) is 25.4 Å². The second-order valence-corrected chi connectivity index (χ2v) is 17.6. The lowest BCUT2D eigenvalue weighted by Crippen LogP contribution is -2.49. The van der Waals surface area contributed by atoms with Crippen molar-refractivity contribution < 1.29 is 17.9 Å². The SMILES string of the molecule is C[Si](C)(C)CCOCN(c1cc(Cl)nc(SCc2ccccc2)n1)S(=O)(=O)N1CCOCC1. The minimum atomic E-state index is -3.88. The first-order chi connectivity index (χ1) is 15.6. The molecule has 33 heavy (non-hydrogen) atoms. The van der Waals surface area contributed by atoms with E-state index in [1.807, 2.05) is 30.3 Å². The fourth-order valence-corrected chi connectivity index (χ4v) is 6.21. The van der Waals surface area contributed by atoms with Crippen LogP contribution in [-0.4, -0.2) is 70.4 Å². The number of halogens is 1. The molecule has 3 rings (SSSR count). The predicted molar refractivity (Wildman–Crippen MR) is 136 cm³/mol. The molecule has 8 nitrogen and oxygen atoms in total. The van der Waals surface area contributed by atoms with Crippen molar-refractivity contribution in [3.05, 3.63) is 47.1 Å². The lowest BCUT2D eigenvalue weighted by molar-refractivity contribution is 0.0720. The third kappa shape index (κ3) is 8.20. The molecular formula is C21H31ClN4O4S2Si. The third-order valence-corrected chi connectivity index (χ3v) is 9.59. The number of aromatic nitrogens is 2. The molecule has 2 heterocycles. The van der Waals surface area contributed by atoms with Crippen LogP contribution in [0.4, 0.5) is 5.82 Å². The zero-order valence-electron chi connectivity index (χ0n) is 19.2. The van der Waals surface area contributed by atoms with Crippen LogP contribution < -0.4 is 4.31 Å². The van der Waals surface area contributed by atoms with E-state index in [4.69, 9.17) is 21.1 Å². The van der Waals surface area contributed by atoms with Gasteiger partial charge in [-0.2, -0.15) is 12.7 Å². The number of nitrogens with zero attached hydrogens (tertiary/aromatic N) is 4. The third-order valence-electron chi connectivity index (χ3n) is 4.91. The summed E-state index contributed by atoms with van der Waals surface area (Å²) in [5.74, 6) is 0.842. The zero-order chi connectivity index (χ0) is 23.9. The van der Waals surface area contributed by atoms with Crippen LogP contribution >= 0.6 is 23.4 Å². The Kier molecular flexibility index (Phi) is 9.57. The number of hydrogen-bond donors (Lipinski definition) is 0. The highest BCUT2D eigenvalue weighted by Crippen LogP contribution is 2.27. The molecule has 1 aliphatic rings. The van der Waals surface area contributed by atoms with Gasteiger partial charge in [-0.05, 0) is 11.6 Å². The van der Waals surface area contributed by atoms with Gasteiger partial charge in [0, 0.05) is 39.6 Å². The molecule has 0 bridgehead atoms. The van der Waals surface area contributed by atoms with Crippen LogP contribution in [0.1, 0.15) is 5.56 Å². The first kappa shape index (κ1) is 26.4. The van der Waals surface area contributed by atoms with E-state index in [2.05, 4.69) is 29.6 Å². The van der Waals surface area contributed by atoms with E-state index in [-0.39, 0.29) is 30.8 Å². The van der Waals surface area contributed by atoms with Gasteiger partial charge in [0.25, 0.3) is 0 Å². The Morgan fingerprint density at radius 2 is 1.88 bits per heavy atom. The van der Waals surface area contributed by atoms with Gasteiger partial charge in [0.1, 0.15) is 11.9 Å². The minimum Gasteiger partial charge on any atom is -0.379 e. The van der Waals surface area contributed by atoms with E-state index in [9.17, 15) is 8.42 Å². The maximum Gasteiger partial charge on any atom is 0.307 e. The fourth-order valence-electron chi connectivity index (χ4n) is 2.99. The van der Waals surface area contributed by atoms with E-state index >= 15 is 0 Å². The van der Waals surface area contributed by atoms with Gasteiger partial charge in [-0.1, -0.05) is 73.3 Å². The van der Waals surface area contributed by atoms with Gasteiger partial charge < -0.3 is 9.47 Å². The van der Waals surface area contributed by atoms with E-state index in [1.165, 1.54) is 26.4 Å². The molecule has 0 aliphatic carbocycles. The molecule has 0 spiro atoms. The number of benzene rings is 1. The maximum absolute atomic E-state index is 13.5. The predicted octanol–water partition coefficient (Wildman–Crippen LogP) is 4.12. The molecule has 1 fully saturated rings. The number of anilines is 1. The molecule has 0 N–H and O–H groups in total. The zero-order valence-corrected chi connectivity index (χ0v) is 22.6. The van der Waals surface area contributed by atoms with Crippen LogP contribution in [0.3, 0.4) is 0 Å². The topological polar surface area (TPSA) is 84.9 Å². The highest BCUT2D eigenvalue weighted by atomic mass is 35.5. The van der Waals surface area contributed by atoms with Crippen LogP contribution in [0.25, 0.3) is 0 Å². The van der Waals surface area contributed by atoms with E-state index < -0.39 is 18.3 Å². The van der Waals surface area contributed by atoms with Gasteiger partial charge >= 0.3 is 10.2 Å². The van der Waals surface area contributed by atoms with Crippen LogP contribution in [0.5, 0.6) is 0 Å². The van der Waals surface area contributed by atoms with Crippen molar-refractivity contribution in [2.75, 3.05) is 43.9 Å². The number of rotatable bonds is 11. The molecular weight excluding hydrogens is 500 g/mol. The van der Waals surface area contributed by atoms with Crippen LogP contribution in [0.2, 0.25) is 30.8 Å². The van der Waals surface area contributed by atoms with Gasteiger partial charge in [0.15, 0.2) is 11.0 Å². The Hall–Kier alpha value is -1.21. The van der Waals surface area contributed by atoms with Gasteiger partial charge in [-0.3, -0.25) is 0 Å². The van der Waals surface area contributed by atoms with Gasteiger partial charge in [0.05, 0.1) is 13.2 Å². The highest BCUT2D eigenvalue weighted by Gasteiger charge is 2.33. The molecule has 1 aromatic carbocycles. The summed E-state index contributed by atoms with van der Waals surface area (Å²) in [6.07, 6.45) is 0. The van der Waals surface area contributed by atoms with Gasteiger partial charge in [-0.15, -0.1) is 0 Å². The standard InChI is InChI=1S/C21H31ClN4O4S2Si/c1-33(2,3)14-13-30-17-26(32(27,28)25-9-11-29-12-10-25)20-15-19(22)23-21(24-20)31-16-18-7-5-4-6-8-18/h4-8,15H,9-14,16-17H2,1-3H3. The number of hydrogen-bond acceptors (Lipinski definition) is 7. The summed E-state index contributed by atoms with van der Waals surface area (Å²) in [6, 6.07) is 12.3. The van der Waals surface area contributed by atoms with Gasteiger partial charge in [0.2, 0.25) is 0 Å². The smallest absolute Gasteiger partial charge is 0.307 e. The molecule has 1 aliphatic heterocycles. The second-order valence-electron chi connectivity index (χ2n) is 8.82. The fraction of sp³-hybridized carbons (Fsp3) is 0.524. The second kappa shape index (κ2) is 12.0. The highest BCUT2D eigenvalue weighted by molar-refractivity contribution is 7.98. The quantitative estimate of drug-likeness (QED) is 0.108. The summed E-state index contributed by atoms with van der Waals surface area (Å²) < 4.78 is 40.7. The summed E-state index contributed by atoms with van der Waals surface area (Å²) in [6.45, 7) is 8.36. The molecule has 0 atom stereocenters. The summed E-state index contributed by atoms with van der Waals surface area (Å²) in [4.78, 5) is 8.80. The Balaban J connectivity index is 1.82. The largest absolute Gasteiger partial charge is 0.379 e. The average molecular weight is 531 g/mol. The molecule has 1 aromatic heterocycles. The summed E-state index contributed by atoms with van der Waals surface area (Å²) >= 11 is 7.68. The van der Waals surface area contributed by atoms with Crippen molar-refractivity contribution >= 4 is 47.5 Å². The first-order valence-electron chi connectivity index (χ1n) is 10.8. The Morgan fingerprint density at radius 3 is 2.55 bits per heavy atom. The molecule has 0 saturated carbocycles. The summed E-state index contributed by atoms with van der Waals surface area (Å²) in [7, 11) is -5.20. The molecule has 12 heteroatoms. The van der Waals surface area contributed by atoms with E-state index in [0.717, 1.165) is 11.6 Å². The minimum absolute atomic E-state index is 0.139. The van der Waals surface area contributed by atoms with Crippen molar-refractivity contribution in [1.82, 2.24) is 14.3 Å². The number of thioether (sulfide) groups is 1. The molecule has 1 saturated heterocycles. The van der Waals surface area contributed by atoms with E-state index in [1.54, 1.807) is 0 Å². The maximum atomic E-state index is 13.5. The molecule has 0 unspecified atom stereocenters. The monoisotopic (exact) mass is 530 g/mol. The lowest BCUT2D eigenvalue weighted by Gasteiger charge is -2.32.